The van der Waals surface area contributed by atoms with Crippen LogP contribution in [0.15, 0.2) is 51.4 Å². The van der Waals surface area contributed by atoms with Crippen LogP contribution >= 0.6 is 31.9 Å². The summed E-state index contributed by atoms with van der Waals surface area (Å²) in [6, 6.07) is 14.6. The fourth-order valence-corrected chi connectivity index (χ4v) is 3.10. The third kappa shape index (κ3) is 4.31. The molecule has 2 nitrogen and oxygen atoms in total. The molecule has 4 heteroatoms. The van der Waals surface area contributed by atoms with Crippen molar-refractivity contribution in [2.45, 2.75) is 26.0 Å². The summed E-state index contributed by atoms with van der Waals surface area (Å²) in [7, 11) is 1.97. The van der Waals surface area contributed by atoms with E-state index in [1.807, 2.05) is 39.1 Å². The molecule has 0 fully saturated rings. The second-order valence-corrected chi connectivity index (χ2v) is 6.89. The van der Waals surface area contributed by atoms with E-state index < -0.39 is 0 Å². The molecule has 2 aromatic rings. The summed E-state index contributed by atoms with van der Waals surface area (Å²) >= 11 is 7.17. The van der Waals surface area contributed by atoms with Gasteiger partial charge < -0.3 is 10.1 Å². The maximum Gasteiger partial charge on any atom is 0.119 e. The average Bonchev–Trinajstić information content (AvgIpc) is 2.44. The molecule has 2 rings (SSSR count). The molecule has 0 radical (unpaired) electrons. The van der Waals surface area contributed by atoms with Gasteiger partial charge in [0.25, 0.3) is 0 Å². The number of halogens is 2. The topological polar surface area (TPSA) is 21.3 Å². The Labute approximate surface area is 143 Å². The van der Waals surface area contributed by atoms with Gasteiger partial charge in [0.05, 0.1) is 12.1 Å². The minimum atomic E-state index is 0.130. The van der Waals surface area contributed by atoms with Crippen LogP contribution in [0.25, 0.3) is 0 Å². The molecule has 1 unspecified atom stereocenters. The fourth-order valence-electron chi connectivity index (χ4n) is 2.25. The third-order valence-corrected chi connectivity index (χ3v) is 4.36. The quantitative estimate of drug-likeness (QED) is 0.718. The molecule has 0 aromatic heterocycles. The van der Waals surface area contributed by atoms with E-state index in [-0.39, 0.29) is 12.1 Å². The molecular weight excluding hydrogens is 394 g/mol. The van der Waals surface area contributed by atoms with Gasteiger partial charge in [-0.25, -0.2) is 0 Å². The predicted octanol–water partition coefficient (Wildman–Crippen LogP) is 5.31. The average molecular weight is 413 g/mol. The first kappa shape index (κ1) is 16.5. The van der Waals surface area contributed by atoms with E-state index in [2.05, 4.69) is 61.4 Å². The minimum absolute atomic E-state index is 0.130. The summed E-state index contributed by atoms with van der Waals surface area (Å²) in [6.07, 6.45) is 0.190. The lowest BCUT2D eigenvalue weighted by molar-refractivity contribution is 0.242. The zero-order valence-corrected chi connectivity index (χ0v) is 15.5. The Kier molecular flexibility index (Phi) is 5.85. The Morgan fingerprint density at radius 3 is 2.24 bits per heavy atom. The first-order valence-corrected chi connectivity index (χ1v) is 8.48. The Hall–Kier alpha value is -0.840. The number of nitrogens with one attached hydrogen (secondary N) is 1. The fraction of sp³-hybridized carbons (Fsp3) is 0.294. The van der Waals surface area contributed by atoms with Crippen molar-refractivity contribution in [3.8, 4) is 5.75 Å². The molecule has 0 saturated carbocycles. The highest BCUT2D eigenvalue weighted by molar-refractivity contribution is 9.11. The zero-order valence-electron chi connectivity index (χ0n) is 12.4. The smallest absolute Gasteiger partial charge is 0.119 e. The summed E-state index contributed by atoms with van der Waals surface area (Å²) < 4.78 is 7.85. The van der Waals surface area contributed by atoms with E-state index in [9.17, 15) is 0 Å². The molecule has 0 aliphatic heterocycles. The molecule has 0 aliphatic rings. The molecule has 21 heavy (non-hydrogen) atoms. The summed E-state index contributed by atoms with van der Waals surface area (Å²) in [4.78, 5) is 0. The molecule has 1 N–H and O–H groups in total. The van der Waals surface area contributed by atoms with Crippen LogP contribution in [0, 0.1) is 0 Å². The standard InChI is InChI=1S/C17H19Br2NO/c1-11(2)21-14-7-4-12(5-8-14)17(20-3)15-10-13(18)6-9-16(15)19/h4-11,17,20H,1-3H3. The number of rotatable bonds is 5. The summed E-state index contributed by atoms with van der Waals surface area (Å²) in [6.45, 7) is 4.06. The second kappa shape index (κ2) is 7.43. The second-order valence-electron chi connectivity index (χ2n) is 5.12. The van der Waals surface area contributed by atoms with E-state index >= 15 is 0 Å². The van der Waals surface area contributed by atoms with E-state index in [1.54, 1.807) is 0 Å². The third-order valence-electron chi connectivity index (χ3n) is 3.14. The van der Waals surface area contributed by atoms with Gasteiger partial charge in [0, 0.05) is 8.95 Å². The van der Waals surface area contributed by atoms with E-state index in [0.717, 1.165) is 14.7 Å². The SMILES string of the molecule is CNC(c1ccc(OC(C)C)cc1)c1cc(Br)ccc1Br. The monoisotopic (exact) mass is 411 g/mol. The first-order chi connectivity index (χ1) is 10.0. The molecule has 1 atom stereocenters. The van der Waals surface area contributed by atoms with Crippen LogP contribution in [0.2, 0.25) is 0 Å². The molecule has 0 heterocycles. The Bertz CT molecular complexity index is 596. The van der Waals surface area contributed by atoms with Crippen molar-refractivity contribution in [2.75, 3.05) is 7.05 Å². The van der Waals surface area contributed by atoms with Crippen LogP contribution < -0.4 is 10.1 Å². The minimum Gasteiger partial charge on any atom is -0.491 e. The largest absolute Gasteiger partial charge is 0.491 e. The van der Waals surface area contributed by atoms with Crippen molar-refractivity contribution in [3.63, 3.8) is 0 Å². The van der Waals surface area contributed by atoms with E-state index in [1.165, 1.54) is 11.1 Å². The maximum atomic E-state index is 5.69. The van der Waals surface area contributed by atoms with Crippen LogP contribution in [0.3, 0.4) is 0 Å². The lowest BCUT2D eigenvalue weighted by atomic mass is 9.99. The van der Waals surface area contributed by atoms with Crippen LogP contribution in [-0.2, 0) is 0 Å². The number of hydrogen-bond donors (Lipinski definition) is 1. The van der Waals surface area contributed by atoms with Crippen LogP contribution in [0.5, 0.6) is 5.75 Å². The highest BCUT2D eigenvalue weighted by Gasteiger charge is 2.15. The summed E-state index contributed by atoms with van der Waals surface area (Å²) in [5.41, 5.74) is 2.40. The van der Waals surface area contributed by atoms with E-state index in [0.29, 0.717) is 0 Å². The molecule has 0 bridgehead atoms. The van der Waals surface area contributed by atoms with Crippen molar-refractivity contribution in [1.29, 1.82) is 0 Å². The molecule has 112 valence electrons. The Balaban J connectivity index is 2.31. The van der Waals surface area contributed by atoms with Gasteiger partial charge in [-0.15, -0.1) is 0 Å². The van der Waals surface area contributed by atoms with Gasteiger partial charge in [0.2, 0.25) is 0 Å². The van der Waals surface area contributed by atoms with Crippen molar-refractivity contribution in [2.24, 2.45) is 0 Å². The number of hydrogen-bond acceptors (Lipinski definition) is 2. The van der Waals surface area contributed by atoms with Gasteiger partial charge in [0.15, 0.2) is 0 Å². The van der Waals surface area contributed by atoms with Crippen molar-refractivity contribution < 1.29 is 4.74 Å². The van der Waals surface area contributed by atoms with Crippen molar-refractivity contribution >= 4 is 31.9 Å². The normalized spacial score (nSPS) is 12.5. The lowest BCUT2D eigenvalue weighted by Gasteiger charge is -2.20. The zero-order chi connectivity index (χ0) is 15.4. The molecular formula is C17H19Br2NO. The Morgan fingerprint density at radius 2 is 1.67 bits per heavy atom. The summed E-state index contributed by atoms with van der Waals surface area (Å²) in [5.74, 6) is 0.900. The van der Waals surface area contributed by atoms with Gasteiger partial charge in [-0.3, -0.25) is 0 Å². The van der Waals surface area contributed by atoms with E-state index in [4.69, 9.17) is 4.74 Å². The highest BCUT2D eigenvalue weighted by atomic mass is 79.9. The van der Waals surface area contributed by atoms with Gasteiger partial charge in [-0.1, -0.05) is 44.0 Å². The van der Waals surface area contributed by atoms with Crippen molar-refractivity contribution in [3.05, 3.63) is 62.5 Å². The van der Waals surface area contributed by atoms with Crippen LogP contribution in [0.4, 0.5) is 0 Å². The molecule has 0 aliphatic carbocycles. The van der Waals surface area contributed by atoms with Crippen molar-refractivity contribution in [1.82, 2.24) is 5.32 Å². The van der Waals surface area contributed by atoms with Gasteiger partial charge in [-0.05, 0) is 62.4 Å². The van der Waals surface area contributed by atoms with Gasteiger partial charge >= 0.3 is 0 Å². The number of benzene rings is 2. The van der Waals surface area contributed by atoms with Gasteiger partial charge in [-0.2, -0.15) is 0 Å². The van der Waals surface area contributed by atoms with Crippen LogP contribution in [0.1, 0.15) is 31.0 Å². The molecule has 0 spiro atoms. The first-order valence-electron chi connectivity index (χ1n) is 6.90. The molecule has 0 saturated heterocycles. The molecule has 2 aromatic carbocycles. The molecule has 0 amide bonds. The van der Waals surface area contributed by atoms with Gasteiger partial charge in [0.1, 0.15) is 5.75 Å². The number of ether oxygens (including phenoxy) is 1. The highest BCUT2D eigenvalue weighted by Crippen LogP contribution is 2.31. The Morgan fingerprint density at radius 1 is 1.00 bits per heavy atom. The predicted molar refractivity (Wildman–Crippen MR) is 95.0 cm³/mol. The summed E-state index contributed by atoms with van der Waals surface area (Å²) in [5, 5.41) is 3.37. The maximum absolute atomic E-state index is 5.69. The van der Waals surface area contributed by atoms with Crippen LogP contribution in [-0.4, -0.2) is 13.2 Å². The lowest BCUT2D eigenvalue weighted by Crippen LogP contribution is -2.18.